The molecule has 2 aromatic carbocycles. The summed E-state index contributed by atoms with van der Waals surface area (Å²) in [6.07, 6.45) is 5.21. The minimum absolute atomic E-state index is 0.269. The molecular weight excluding hydrogens is 316 g/mol. The van der Waals surface area contributed by atoms with E-state index in [1.165, 1.54) is 43.5 Å². The normalized spacial score (nSPS) is 31.8. The number of hydrogen-bond donors (Lipinski definition) is 1. The fourth-order valence-corrected chi connectivity index (χ4v) is 6.36. The number of piperidine rings is 1. The summed E-state index contributed by atoms with van der Waals surface area (Å²) in [5, 5.41) is 3.97. The van der Waals surface area contributed by atoms with Gasteiger partial charge in [-0.2, -0.15) is 0 Å². The summed E-state index contributed by atoms with van der Waals surface area (Å²) in [6, 6.07) is 21.5. The maximum absolute atomic E-state index is 3.97. The van der Waals surface area contributed by atoms with Gasteiger partial charge in [0.1, 0.15) is 0 Å². The van der Waals surface area contributed by atoms with Crippen LogP contribution < -0.4 is 10.2 Å². The number of rotatable bonds is 2. The van der Waals surface area contributed by atoms with E-state index in [2.05, 4.69) is 78.7 Å². The van der Waals surface area contributed by atoms with Gasteiger partial charge in [0.25, 0.3) is 0 Å². The zero-order chi connectivity index (χ0) is 17.8. The van der Waals surface area contributed by atoms with Gasteiger partial charge in [0.15, 0.2) is 0 Å². The van der Waals surface area contributed by atoms with Gasteiger partial charge in [-0.15, -0.1) is 0 Å². The van der Waals surface area contributed by atoms with Crippen LogP contribution in [0, 0.1) is 5.41 Å². The van der Waals surface area contributed by atoms with Crippen LogP contribution in [-0.2, 0) is 12.0 Å². The highest BCUT2D eigenvalue weighted by atomic mass is 15.2. The molecule has 2 fully saturated rings. The van der Waals surface area contributed by atoms with Crippen LogP contribution in [0.4, 0.5) is 5.69 Å². The van der Waals surface area contributed by atoms with E-state index in [-0.39, 0.29) is 5.41 Å². The average molecular weight is 347 g/mol. The van der Waals surface area contributed by atoms with Gasteiger partial charge in [0, 0.05) is 29.7 Å². The molecule has 26 heavy (non-hydrogen) atoms. The molecule has 0 amide bonds. The fraction of sp³-hybridized carbons (Fsp3) is 0.500. The molecule has 2 heterocycles. The standard InChI is InChI=1S/C24H30N2/c1-23(2)15-13-21-24(14-8-16-25-22(23)24)19-11-6-7-12-20(19)26(21)17-18-9-4-3-5-10-18/h3-7,9-12,21-22,25H,8,13-17H2,1-2H3/t21-,22+,24-/m1/s1. The lowest BCUT2D eigenvalue weighted by atomic mass is 9.53. The lowest BCUT2D eigenvalue weighted by molar-refractivity contribution is 0.0408. The summed E-state index contributed by atoms with van der Waals surface area (Å²) in [5.74, 6) is 0. The van der Waals surface area contributed by atoms with Gasteiger partial charge < -0.3 is 10.2 Å². The van der Waals surface area contributed by atoms with Gasteiger partial charge in [0.05, 0.1) is 0 Å². The van der Waals surface area contributed by atoms with Crippen molar-refractivity contribution in [3.05, 3.63) is 65.7 Å². The quantitative estimate of drug-likeness (QED) is 0.833. The maximum atomic E-state index is 3.97. The Hall–Kier alpha value is -1.80. The second kappa shape index (κ2) is 5.85. The molecule has 2 aromatic rings. The van der Waals surface area contributed by atoms with E-state index in [1.54, 1.807) is 5.56 Å². The van der Waals surface area contributed by atoms with E-state index in [9.17, 15) is 0 Å². The van der Waals surface area contributed by atoms with E-state index < -0.39 is 0 Å². The van der Waals surface area contributed by atoms with Crippen molar-refractivity contribution in [2.75, 3.05) is 11.4 Å². The summed E-state index contributed by atoms with van der Waals surface area (Å²) in [5.41, 5.74) is 5.13. The topological polar surface area (TPSA) is 15.3 Å². The first kappa shape index (κ1) is 16.4. The molecule has 136 valence electrons. The van der Waals surface area contributed by atoms with E-state index in [1.807, 2.05) is 0 Å². The van der Waals surface area contributed by atoms with Gasteiger partial charge in [-0.1, -0.05) is 62.4 Å². The van der Waals surface area contributed by atoms with Crippen LogP contribution in [-0.4, -0.2) is 18.6 Å². The van der Waals surface area contributed by atoms with E-state index in [0.29, 0.717) is 17.5 Å². The molecule has 1 saturated heterocycles. The van der Waals surface area contributed by atoms with Crippen LogP contribution in [0.3, 0.4) is 0 Å². The third kappa shape index (κ3) is 2.21. The van der Waals surface area contributed by atoms with Crippen molar-refractivity contribution in [1.82, 2.24) is 5.32 Å². The second-order valence-corrected chi connectivity index (χ2v) is 9.20. The smallest absolute Gasteiger partial charge is 0.0433 e. The lowest BCUT2D eigenvalue weighted by Gasteiger charge is -2.58. The van der Waals surface area contributed by atoms with Crippen molar-refractivity contribution in [1.29, 1.82) is 0 Å². The van der Waals surface area contributed by atoms with Crippen LogP contribution in [0.25, 0.3) is 0 Å². The highest BCUT2D eigenvalue weighted by Crippen LogP contribution is 2.59. The largest absolute Gasteiger partial charge is 0.363 e. The van der Waals surface area contributed by atoms with Crippen LogP contribution in [0.5, 0.6) is 0 Å². The number of hydrogen-bond acceptors (Lipinski definition) is 2. The van der Waals surface area contributed by atoms with E-state index in [4.69, 9.17) is 0 Å². The van der Waals surface area contributed by atoms with Gasteiger partial charge in [-0.25, -0.2) is 0 Å². The first-order valence-corrected chi connectivity index (χ1v) is 10.3. The number of nitrogens with one attached hydrogen (secondary N) is 1. The van der Waals surface area contributed by atoms with Crippen molar-refractivity contribution < 1.29 is 0 Å². The average Bonchev–Trinajstić information content (AvgIpc) is 2.92. The van der Waals surface area contributed by atoms with Gasteiger partial charge in [0.2, 0.25) is 0 Å². The lowest BCUT2D eigenvalue weighted by Crippen LogP contribution is -2.67. The molecule has 5 rings (SSSR count). The molecule has 1 aliphatic carbocycles. The van der Waals surface area contributed by atoms with Crippen molar-refractivity contribution in [2.24, 2.45) is 5.41 Å². The zero-order valence-corrected chi connectivity index (χ0v) is 16.0. The highest BCUT2D eigenvalue weighted by Gasteiger charge is 2.61. The van der Waals surface area contributed by atoms with Crippen molar-refractivity contribution in [3.63, 3.8) is 0 Å². The Morgan fingerprint density at radius 1 is 1.00 bits per heavy atom. The predicted octanol–water partition coefficient (Wildman–Crippen LogP) is 4.89. The van der Waals surface area contributed by atoms with Gasteiger partial charge in [-0.3, -0.25) is 0 Å². The summed E-state index contributed by atoms with van der Waals surface area (Å²) >= 11 is 0. The summed E-state index contributed by atoms with van der Waals surface area (Å²) in [4.78, 5) is 2.74. The number of anilines is 1. The molecular formula is C24H30N2. The summed E-state index contributed by atoms with van der Waals surface area (Å²) in [6.45, 7) is 7.16. The SMILES string of the molecule is CC1(C)CC[C@H]2N(Cc3ccccc3)c3ccccc3[C@]23CCCN[C@@H]13. The Bertz CT molecular complexity index is 797. The number of benzene rings is 2. The predicted molar refractivity (Wildman–Crippen MR) is 109 cm³/mol. The van der Waals surface area contributed by atoms with Crippen molar-refractivity contribution >= 4 is 5.69 Å². The fourth-order valence-electron chi connectivity index (χ4n) is 6.36. The molecule has 2 aliphatic heterocycles. The van der Waals surface area contributed by atoms with Crippen molar-refractivity contribution in [2.45, 2.75) is 63.6 Å². The van der Waals surface area contributed by atoms with Crippen molar-refractivity contribution in [3.8, 4) is 0 Å². The Morgan fingerprint density at radius 3 is 2.62 bits per heavy atom. The van der Waals surface area contributed by atoms with Gasteiger partial charge >= 0.3 is 0 Å². The number of nitrogens with zero attached hydrogens (tertiary/aromatic N) is 1. The van der Waals surface area contributed by atoms with Crippen LogP contribution in [0.2, 0.25) is 0 Å². The molecule has 0 radical (unpaired) electrons. The first-order valence-electron chi connectivity index (χ1n) is 10.3. The Kier molecular flexibility index (Phi) is 3.69. The molecule has 1 spiro atoms. The minimum Gasteiger partial charge on any atom is -0.363 e. The Balaban J connectivity index is 1.64. The molecule has 2 heteroatoms. The van der Waals surface area contributed by atoms with Crippen LogP contribution in [0.1, 0.15) is 50.7 Å². The zero-order valence-electron chi connectivity index (χ0n) is 16.0. The third-order valence-corrected chi connectivity index (χ3v) is 7.36. The molecule has 3 aliphatic rings. The van der Waals surface area contributed by atoms with Crippen LogP contribution in [0.15, 0.2) is 54.6 Å². The second-order valence-electron chi connectivity index (χ2n) is 9.20. The number of fused-ring (bicyclic) bond motifs is 1. The highest BCUT2D eigenvalue weighted by molar-refractivity contribution is 5.66. The summed E-state index contributed by atoms with van der Waals surface area (Å²) < 4.78 is 0. The molecule has 2 nitrogen and oxygen atoms in total. The molecule has 0 bridgehead atoms. The molecule has 1 N–H and O–H groups in total. The number of para-hydroxylation sites is 1. The minimum atomic E-state index is 0.269. The van der Waals surface area contributed by atoms with E-state index in [0.717, 1.165) is 6.54 Å². The van der Waals surface area contributed by atoms with E-state index >= 15 is 0 Å². The first-order chi connectivity index (χ1) is 12.6. The monoisotopic (exact) mass is 346 g/mol. The molecule has 0 unspecified atom stereocenters. The molecule has 0 aromatic heterocycles. The third-order valence-electron chi connectivity index (χ3n) is 7.36. The molecule has 3 atom stereocenters. The molecule has 1 saturated carbocycles. The Labute approximate surface area is 157 Å². The van der Waals surface area contributed by atoms with Crippen LogP contribution >= 0.6 is 0 Å². The maximum Gasteiger partial charge on any atom is 0.0433 e. The Morgan fingerprint density at radius 2 is 1.77 bits per heavy atom. The summed E-state index contributed by atoms with van der Waals surface area (Å²) in [7, 11) is 0. The van der Waals surface area contributed by atoms with Gasteiger partial charge in [-0.05, 0) is 54.8 Å².